The van der Waals surface area contributed by atoms with Crippen molar-refractivity contribution in [3.63, 3.8) is 0 Å². The molecule has 0 atom stereocenters. The van der Waals surface area contributed by atoms with Gasteiger partial charge in [-0.3, -0.25) is 24.0 Å². The molecule has 31 heteroatoms. The maximum absolute atomic E-state index is 11.4. The molecule has 0 saturated heterocycles. The summed E-state index contributed by atoms with van der Waals surface area (Å²) in [5.41, 5.74) is 0. The van der Waals surface area contributed by atoms with E-state index in [4.69, 9.17) is 52.7 Å². The van der Waals surface area contributed by atoms with Crippen LogP contribution in [0.1, 0.15) is 34.6 Å². The highest BCUT2D eigenvalue weighted by atomic mass is 28.5. The van der Waals surface area contributed by atoms with Crippen LogP contribution in [0.3, 0.4) is 0 Å². The fourth-order valence-electron chi connectivity index (χ4n) is 5.08. The van der Waals surface area contributed by atoms with Crippen molar-refractivity contribution in [2.75, 3.05) is 0 Å². The van der Waals surface area contributed by atoms with E-state index in [0.717, 1.165) is 20.8 Å². The second-order valence-electron chi connectivity index (χ2n) is 16.1. The highest BCUT2D eigenvalue weighted by molar-refractivity contribution is 6.89. The molecule has 0 heterocycles. The van der Waals surface area contributed by atoms with Crippen molar-refractivity contribution in [3.05, 3.63) is 0 Å². The highest BCUT2D eigenvalue weighted by Crippen LogP contribution is 2.27. The first-order chi connectivity index (χ1) is 26.2. The molecule has 0 bridgehead atoms. The second kappa shape index (κ2) is 27.7. The molecule has 0 aliphatic rings. The molecule has 0 aromatic carbocycles. The molecule has 0 radical (unpaired) electrons. The maximum atomic E-state index is 11.4. The van der Waals surface area contributed by atoms with E-state index in [0.29, 0.717) is 0 Å². The van der Waals surface area contributed by atoms with Crippen molar-refractivity contribution in [2.45, 2.75) is 146 Å². The Morgan fingerprint density at radius 1 is 0.333 bits per heavy atom. The third kappa shape index (κ3) is 48.4. The van der Waals surface area contributed by atoms with E-state index in [1.807, 2.05) is 52.4 Å². The summed E-state index contributed by atoms with van der Waals surface area (Å²) in [6, 6.07) is 0. The molecule has 0 aromatic heterocycles. The Morgan fingerprint density at radius 2 is 0.517 bits per heavy atom. The average Bonchev–Trinajstić information content (AvgIpc) is 2.80. The molecule has 352 valence electrons. The van der Waals surface area contributed by atoms with Crippen molar-refractivity contribution in [1.29, 1.82) is 0 Å². The zero-order valence-corrected chi connectivity index (χ0v) is 48.1. The SMILES string of the molecule is CC(=O)O[Si](C)(OC(C)=O)OC(C)=O.CC(=O)O[Si](C)(OC(C)=O)O[Si](C)(C)O[Si](C)(C)O[Si](C)(C)O[Si](C)(C)C.C[Si](C)(O)O[Si](C)(C)O[Si](C)(C)O.O=C=O.O=C=O. The highest BCUT2D eigenvalue weighted by Gasteiger charge is 2.51. The Kier molecular flexibility index (Phi) is 30.9. The molecule has 0 aliphatic heterocycles. The van der Waals surface area contributed by atoms with Gasteiger partial charge < -0.3 is 56.4 Å². The van der Waals surface area contributed by atoms with E-state index in [9.17, 15) is 33.6 Å². The molecular weight excluding hydrogens is 953 g/mol. The summed E-state index contributed by atoms with van der Waals surface area (Å²) in [4.78, 5) is 106. The van der Waals surface area contributed by atoms with Crippen LogP contribution in [0, 0.1) is 0 Å². The summed E-state index contributed by atoms with van der Waals surface area (Å²) in [6.45, 7) is 37.0. The summed E-state index contributed by atoms with van der Waals surface area (Å²) in [5.74, 6) is -3.13. The van der Waals surface area contributed by atoms with Crippen LogP contribution < -0.4 is 0 Å². The Bertz CT molecular complexity index is 1350. The zero-order valence-electron chi connectivity index (χ0n) is 39.1. The van der Waals surface area contributed by atoms with Gasteiger partial charge in [0.2, 0.25) is 0 Å². The first-order valence-electron chi connectivity index (χ1n) is 17.8. The van der Waals surface area contributed by atoms with Gasteiger partial charge in [-0.2, -0.15) is 19.2 Å². The summed E-state index contributed by atoms with van der Waals surface area (Å²) < 4.78 is 60.3. The lowest BCUT2D eigenvalue weighted by atomic mass is 10.9. The van der Waals surface area contributed by atoms with Crippen molar-refractivity contribution in [1.82, 2.24) is 0 Å². The Balaban J connectivity index is -0.000000256. The molecule has 0 spiro atoms. The van der Waals surface area contributed by atoms with E-state index in [-0.39, 0.29) is 12.3 Å². The third-order valence-corrected chi connectivity index (χ3v) is 31.6. The van der Waals surface area contributed by atoms with Gasteiger partial charge in [-0.25, -0.2) is 0 Å². The van der Waals surface area contributed by atoms with Crippen LogP contribution in [-0.4, -0.2) is 129 Å². The van der Waals surface area contributed by atoms with E-state index in [2.05, 4.69) is 32.9 Å². The van der Waals surface area contributed by atoms with Crippen LogP contribution in [0.15, 0.2) is 0 Å². The minimum absolute atomic E-state index is 0.250. The Hall–Kier alpha value is -2.26. The number of rotatable bonds is 17. The molecule has 0 saturated carbocycles. The summed E-state index contributed by atoms with van der Waals surface area (Å²) in [5, 5.41) is 0. The molecule has 0 aliphatic carbocycles. The van der Waals surface area contributed by atoms with Crippen molar-refractivity contribution >= 4 is 119 Å². The molecular formula is C29H68O22Si9. The normalized spacial score (nSPS) is 12.2. The summed E-state index contributed by atoms with van der Waals surface area (Å²) in [6.07, 6.45) is 0.500. The Morgan fingerprint density at radius 3 is 0.717 bits per heavy atom. The van der Waals surface area contributed by atoms with Gasteiger partial charge in [-0.05, 0) is 98.2 Å². The third-order valence-electron chi connectivity index (χ3n) is 4.60. The zero-order chi connectivity index (χ0) is 49.6. The standard InChI is InChI=1S/C14H36O8Si5.C7H12O6Si.C6H20O4Si3.2CO2/c1-13(15)17-27(12,18-14(2)16)22-26(10,11)21-25(8,9)20-24(6,7)19-23(3,4)5;1-5(8)11-14(4,12-6(2)9)13-7(3)10;1-11(2,7)9-13(5,6)10-12(3,4)8;2*2-1-3/h1-12H3;1-4H3;7-8H,1-6H3;;. The summed E-state index contributed by atoms with van der Waals surface area (Å²) >= 11 is 0. The Labute approximate surface area is 363 Å². The monoisotopic (exact) mass is 1020 g/mol. The van der Waals surface area contributed by atoms with Crippen LogP contribution in [0.4, 0.5) is 0 Å². The summed E-state index contributed by atoms with van der Waals surface area (Å²) in [7, 11) is -24.0. The van der Waals surface area contributed by atoms with Gasteiger partial charge in [-0.15, -0.1) is 0 Å². The van der Waals surface area contributed by atoms with Crippen LogP contribution in [-0.2, 0) is 90.0 Å². The topological polar surface area (TPSA) is 296 Å². The molecule has 22 nitrogen and oxygen atoms in total. The smallest absolute Gasteiger partial charge is 0.465 e. The number of hydrogen-bond donors (Lipinski definition) is 2. The van der Waals surface area contributed by atoms with Gasteiger partial charge in [-0.1, -0.05) is 0 Å². The quantitative estimate of drug-likeness (QED) is 0.195. The molecule has 0 rings (SSSR count). The number of hydrogen-bond acceptors (Lipinski definition) is 22. The van der Waals surface area contributed by atoms with Gasteiger partial charge in [0.25, 0.3) is 29.8 Å². The van der Waals surface area contributed by atoms with E-state index in [1.54, 1.807) is 26.2 Å². The second-order valence-corrected chi connectivity index (χ2v) is 46.7. The molecule has 0 fully saturated rings. The van der Waals surface area contributed by atoms with Crippen LogP contribution in [0.25, 0.3) is 0 Å². The van der Waals surface area contributed by atoms with Gasteiger partial charge in [0, 0.05) is 47.7 Å². The predicted molar refractivity (Wildman–Crippen MR) is 231 cm³/mol. The molecule has 60 heavy (non-hydrogen) atoms. The lowest BCUT2D eigenvalue weighted by Crippen LogP contribution is -2.60. The van der Waals surface area contributed by atoms with Gasteiger partial charge in [0.05, 0.1) is 0 Å². The first kappa shape index (κ1) is 66.8. The minimum Gasteiger partial charge on any atom is -0.465 e. The van der Waals surface area contributed by atoms with Crippen LogP contribution in [0.5, 0.6) is 0 Å². The predicted octanol–water partition coefficient (Wildman–Crippen LogP) is 3.88. The molecule has 0 aromatic rings. The van der Waals surface area contributed by atoms with Crippen molar-refractivity contribution in [3.8, 4) is 0 Å². The average molecular weight is 1020 g/mol. The largest absolute Gasteiger partial charge is 0.701 e. The van der Waals surface area contributed by atoms with Crippen molar-refractivity contribution in [2.24, 2.45) is 0 Å². The van der Waals surface area contributed by atoms with Gasteiger partial charge in [0.1, 0.15) is 0 Å². The van der Waals surface area contributed by atoms with Gasteiger partial charge >= 0.3 is 81.3 Å². The minimum atomic E-state index is -3.52. The number of carbonyl (C=O) groups is 5. The lowest BCUT2D eigenvalue weighted by molar-refractivity contribution is -0.193. The fourth-order valence-corrected chi connectivity index (χ4v) is 38.9. The molecule has 0 unspecified atom stereocenters. The van der Waals surface area contributed by atoms with Crippen molar-refractivity contribution < 1.29 is 99.6 Å². The maximum Gasteiger partial charge on any atom is 0.701 e. The van der Waals surface area contributed by atoms with E-state index in [1.165, 1.54) is 26.9 Å². The van der Waals surface area contributed by atoms with E-state index >= 15 is 0 Å². The first-order valence-corrected chi connectivity index (χ1v) is 42.6. The van der Waals surface area contributed by atoms with E-state index < -0.39 is 107 Å². The number of carbonyl (C=O) groups excluding carboxylic acids is 9. The molecule has 0 amide bonds. The molecule has 2 N–H and O–H groups in total. The van der Waals surface area contributed by atoms with Gasteiger partial charge in [0.15, 0.2) is 8.32 Å². The van der Waals surface area contributed by atoms with Crippen LogP contribution >= 0.6 is 0 Å². The fraction of sp³-hybridized carbons (Fsp3) is 0.759. The van der Waals surface area contributed by atoms with Crippen LogP contribution in [0.2, 0.25) is 111 Å². The lowest BCUT2D eigenvalue weighted by Gasteiger charge is -2.41.